The molecule has 2 aliphatic rings. The van der Waals surface area contributed by atoms with Crippen LogP contribution in [0.2, 0.25) is 0 Å². The number of thiophene rings is 1. The van der Waals surface area contributed by atoms with Crippen LogP contribution in [0.25, 0.3) is 43.5 Å². The summed E-state index contributed by atoms with van der Waals surface area (Å²) in [7, 11) is 0. The van der Waals surface area contributed by atoms with Crippen molar-refractivity contribution >= 4 is 38.5 Å². The van der Waals surface area contributed by atoms with E-state index in [1.54, 1.807) is 11.3 Å². The highest BCUT2D eigenvalue weighted by molar-refractivity contribution is 7.17. The molecule has 0 unspecified atom stereocenters. The fraction of sp³-hybridized carbons (Fsp3) is 0.0312. The van der Waals surface area contributed by atoms with E-state index in [1.807, 2.05) is 0 Å². The number of anilines is 3. The summed E-state index contributed by atoms with van der Waals surface area (Å²) in [5.74, 6) is 0. The number of fused-ring (bicyclic) bond motifs is 7. The summed E-state index contributed by atoms with van der Waals surface area (Å²) in [6.07, 6.45) is 0. The summed E-state index contributed by atoms with van der Waals surface area (Å²) in [6.45, 7) is 0. The van der Waals surface area contributed by atoms with Crippen LogP contribution in [-0.2, 0) is 10.8 Å². The molecule has 1 heterocycles. The van der Waals surface area contributed by atoms with Gasteiger partial charge in [-0.2, -0.15) is 0 Å². The van der Waals surface area contributed by atoms with Crippen molar-refractivity contribution in [2.75, 3.05) is 4.90 Å². The van der Waals surface area contributed by atoms with Crippen molar-refractivity contribution in [1.29, 1.82) is 0 Å². The molecular formula is C64H43NS. The largest absolute Gasteiger partial charge is 0.310 e. The van der Waals surface area contributed by atoms with E-state index in [0.29, 0.717) is 0 Å². The minimum absolute atomic E-state index is 0.550. The molecule has 0 atom stereocenters. The molecule has 13 rings (SSSR count). The fourth-order valence-corrected chi connectivity index (χ4v) is 12.5. The fourth-order valence-electron chi connectivity index (χ4n) is 11.7. The van der Waals surface area contributed by atoms with Gasteiger partial charge in [-0.15, -0.1) is 11.3 Å². The predicted molar refractivity (Wildman–Crippen MR) is 277 cm³/mol. The summed E-state index contributed by atoms with van der Waals surface area (Å²) in [5.41, 5.74) is 19.8. The Balaban J connectivity index is 1.12. The summed E-state index contributed by atoms with van der Waals surface area (Å²) in [5, 5.41) is 3.48. The van der Waals surface area contributed by atoms with Gasteiger partial charge in [-0.3, -0.25) is 0 Å². The van der Waals surface area contributed by atoms with Gasteiger partial charge in [-0.25, -0.2) is 0 Å². The Morgan fingerprint density at radius 3 is 1.41 bits per heavy atom. The predicted octanol–water partition coefficient (Wildman–Crippen LogP) is 16.8. The highest BCUT2D eigenvalue weighted by atomic mass is 32.1. The lowest BCUT2D eigenvalue weighted by atomic mass is 9.67. The topological polar surface area (TPSA) is 3.24 Å². The van der Waals surface area contributed by atoms with Crippen LogP contribution in [0.3, 0.4) is 0 Å². The Bertz CT molecular complexity index is 3490. The van der Waals surface area contributed by atoms with Gasteiger partial charge in [-0.05, 0) is 120 Å². The van der Waals surface area contributed by atoms with E-state index in [1.165, 1.54) is 88.0 Å². The van der Waals surface area contributed by atoms with Crippen LogP contribution in [0.1, 0.15) is 44.5 Å². The van der Waals surface area contributed by atoms with Gasteiger partial charge in [0.25, 0.3) is 0 Å². The molecule has 2 heteroatoms. The van der Waals surface area contributed by atoms with Crippen molar-refractivity contribution in [2.24, 2.45) is 0 Å². The maximum absolute atomic E-state index is 2.55. The highest BCUT2D eigenvalue weighted by Crippen LogP contribution is 2.61. The lowest BCUT2D eigenvalue weighted by molar-refractivity contribution is 0.765. The van der Waals surface area contributed by atoms with E-state index in [2.05, 4.69) is 265 Å². The number of rotatable bonds is 8. The SMILES string of the molecule is c1ccc(C2(c3ccccc3)c3ccccc3-c3ccc(N(c4ccc(-c5cccc6sccc56)cc4)c4cccc5c4C(c4ccccc4)(c4ccccc4)c4ccccc4-5)cc32)cc1. The molecule has 2 aliphatic carbocycles. The molecule has 11 aromatic rings. The lowest BCUT2D eigenvalue weighted by Gasteiger charge is -2.38. The van der Waals surface area contributed by atoms with E-state index >= 15 is 0 Å². The first-order chi connectivity index (χ1) is 32.8. The molecule has 310 valence electrons. The van der Waals surface area contributed by atoms with E-state index in [9.17, 15) is 0 Å². The average Bonchev–Trinajstić information content (AvgIpc) is 4.09. The molecule has 1 aromatic heterocycles. The first-order valence-electron chi connectivity index (χ1n) is 22.8. The summed E-state index contributed by atoms with van der Waals surface area (Å²) >= 11 is 1.79. The molecule has 0 saturated heterocycles. The Morgan fingerprint density at radius 2 is 0.788 bits per heavy atom. The molecule has 66 heavy (non-hydrogen) atoms. The summed E-state index contributed by atoms with van der Waals surface area (Å²) in [4.78, 5) is 2.55. The van der Waals surface area contributed by atoms with Crippen molar-refractivity contribution in [1.82, 2.24) is 0 Å². The molecule has 1 nitrogen and oxygen atoms in total. The minimum atomic E-state index is -0.609. The third kappa shape index (κ3) is 5.52. The van der Waals surface area contributed by atoms with Crippen molar-refractivity contribution in [3.63, 3.8) is 0 Å². The second-order valence-electron chi connectivity index (χ2n) is 17.5. The third-order valence-electron chi connectivity index (χ3n) is 14.3. The minimum Gasteiger partial charge on any atom is -0.310 e. The molecule has 0 aliphatic heterocycles. The number of nitrogens with zero attached hydrogens (tertiary/aromatic N) is 1. The van der Waals surface area contributed by atoms with Crippen molar-refractivity contribution in [3.05, 3.63) is 305 Å². The lowest BCUT2D eigenvalue weighted by Crippen LogP contribution is -2.31. The molecular weight excluding hydrogens is 815 g/mol. The van der Waals surface area contributed by atoms with Crippen LogP contribution in [0.4, 0.5) is 17.1 Å². The Labute approximate surface area is 390 Å². The van der Waals surface area contributed by atoms with Gasteiger partial charge < -0.3 is 4.90 Å². The highest BCUT2D eigenvalue weighted by Gasteiger charge is 2.49. The Hall–Kier alpha value is -8.04. The quantitative estimate of drug-likeness (QED) is 0.147. The van der Waals surface area contributed by atoms with Gasteiger partial charge in [-0.1, -0.05) is 212 Å². The first-order valence-corrected chi connectivity index (χ1v) is 23.7. The van der Waals surface area contributed by atoms with E-state index in [-0.39, 0.29) is 0 Å². The van der Waals surface area contributed by atoms with E-state index in [0.717, 1.165) is 17.1 Å². The van der Waals surface area contributed by atoms with Crippen molar-refractivity contribution < 1.29 is 0 Å². The summed E-state index contributed by atoms with van der Waals surface area (Å²) < 4.78 is 1.30. The van der Waals surface area contributed by atoms with Crippen LogP contribution in [0.5, 0.6) is 0 Å². The van der Waals surface area contributed by atoms with Gasteiger partial charge in [0.05, 0.1) is 16.5 Å². The molecule has 0 N–H and O–H groups in total. The normalized spacial score (nSPS) is 13.7. The van der Waals surface area contributed by atoms with Gasteiger partial charge in [0.1, 0.15) is 0 Å². The smallest absolute Gasteiger partial charge is 0.0734 e. The van der Waals surface area contributed by atoms with Gasteiger partial charge >= 0.3 is 0 Å². The molecule has 0 spiro atoms. The molecule has 10 aromatic carbocycles. The van der Waals surface area contributed by atoms with Crippen LogP contribution < -0.4 is 4.90 Å². The first kappa shape index (κ1) is 38.4. The second kappa shape index (κ2) is 15.3. The zero-order valence-electron chi connectivity index (χ0n) is 36.2. The average molecular weight is 858 g/mol. The van der Waals surface area contributed by atoms with Crippen LogP contribution >= 0.6 is 11.3 Å². The zero-order chi connectivity index (χ0) is 43.7. The second-order valence-corrected chi connectivity index (χ2v) is 18.5. The zero-order valence-corrected chi connectivity index (χ0v) is 37.0. The van der Waals surface area contributed by atoms with Gasteiger partial charge in [0, 0.05) is 27.0 Å². The maximum Gasteiger partial charge on any atom is 0.0734 e. The number of hydrogen-bond acceptors (Lipinski definition) is 2. The monoisotopic (exact) mass is 857 g/mol. The van der Waals surface area contributed by atoms with Crippen molar-refractivity contribution in [3.8, 4) is 33.4 Å². The van der Waals surface area contributed by atoms with Crippen LogP contribution in [-0.4, -0.2) is 0 Å². The molecule has 0 radical (unpaired) electrons. The van der Waals surface area contributed by atoms with Crippen LogP contribution in [0, 0.1) is 0 Å². The number of benzene rings is 10. The standard InChI is InChI=1S/C64H43NS/c1-5-19-45(20-6-1)63(46-21-7-2-8-22-46)57-31-15-13-27-52(57)54-40-39-50(43-59(54)63)65(49-37-35-44(36-38-49)51-29-18-34-61-55(51)41-42-66-61)60-33-17-30-56-53-28-14-16-32-58(53)64(62(56)60,47-23-9-3-10-24-47)48-25-11-4-12-26-48/h1-43H. The van der Waals surface area contributed by atoms with Gasteiger partial charge in [0.15, 0.2) is 0 Å². The summed E-state index contributed by atoms with van der Waals surface area (Å²) in [6, 6.07) is 95.1. The molecule has 0 saturated carbocycles. The van der Waals surface area contributed by atoms with E-state index in [4.69, 9.17) is 0 Å². The van der Waals surface area contributed by atoms with Crippen molar-refractivity contribution in [2.45, 2.75) is 10.8 Å². The van der Waals surface area contributed by atoms with Crippen LogP contribution in [0.15, 0.2) is 260 Å². The Kier molecular flexibility index (Phi) is 8.91. The third-order valence-corrected chi connectivity index (χ3v) is 15.2. The number of hydrogen-bond donors (Lipinski definition) is 0. The van der Waals surface area contributed by atoms with Gasteiger partial charge in [0.2, 0.25) is 0 Å². The maximum atomic E-state index is 2.55. The molecule has 0 fully saturated rings. The Morgan fingerprint density at radius 1 is 0.318 bits per heavy atom. The molecule has 0 amide bonds. The molecule has 0 bridgehead atoms. The van der Waals surface area contributed by atoms with E-state index < -0.39 is 10.8 Å².